The van der Waals surface area contributed by atoms with Gasteiger partial charge in [-0.05, 0) is 0 Å². The molecule has 0 spiro atoms. The molecule has 0 heterocycles. The van der Waals surface area contributed by atoms with Crippen LogP contribution in [0.15, 0.2) is 0 Å². The summed E-state index contributed by atoms with van der Waals surface area (Å²) < 4.78 is 76.7. The summed E-state index contributed by atoms with van der Waals surface area (Å²) >= 11 is 0. The zero-order valence-electron chi connectivity index (χ0n) is 17.4. The molecule has 0 fully saturated rings. The van der Waals surface area contributed by atoms with Crippen LogP contribution in [-0.2, 0) is 121 Å². The van der Waals surface area contributed by atoms with Crippen LogP contribution in [0.25, 0.3) is 0 Å². The van der Waals surface area contributed by atoms with Gasteiger partial charge in [0.05, 0.1) is 0 Å². The molecule has 0 aromatic carbocycles. The maximum Gasteiger partial charge on any atom is 5.00 e. The van der Waals surface area contributed by atoms with Crippen molar-refractivity contribution < 1.29 is 207 Å². The molecule has 0 aliphatic heterocycles. The first-order chi connectivity index (χ1) is 15.6. The Labute approximate surface area is 287 Å². The molecule has 0 aromatic rings. The largest absolute Gasteiger partial charge is 5.00 e. The van der Waals surface area contributed by atoms with Crippen LogP contribution in [0, 0.1) is 0 Å². The second kappa shape index (κ2) is 77.0. The van der Waals surface area contributed by atoms with Gasteiger partial charge >= 0.3 is 80.5 Å². The first-order valence-corrected chi connectivity index (χ1v) is 16.5. The summed E-state index contributed by atoms with van der Waals surface area (Å²) in [6.07, 6.45) is 0. The zero-order chi connectivity index (χ0) is 32.2. The fourth-order valence-electron chi connectivity index (χ4n) is 0. The van der Waals surface area contributed by atoms with Crippen LogP contribution >= 0.6 is 0 Å². The molecule has 0 rings (SSSR count). The molecule has 0 bridgehead atoms. The van der Waals surface area contributed by atoms with Crippen molar-refractivity contribution in [2.24, 2.45) is 0 Å². The van der Waals surface area contributed by atoms with E-state index in [-0.39, 0.29) is 80.5 Å². The molecule has 0 N–H and O–H groups in total. The van der Waals surface area contributed by atoms with Gasteiger partial charge in [-0.1, -0.05) is 0 Å². The molecule has 27 nitrogen and oxygen atoms in total. The Morgan fingerprint density at radius 1 is 0.200 bits per heavy atom. The van der Waals surface area contributed by atoms with Crippen molar-refractivity contribution in [1.82, 2.24) is 0 Å². The molecule has 0 radical (unpaired) electrons. The van der Waals surface area contributed by atoms with Crippen molar-refractivity contribution in [2.45, 2.75) is 0 Å². The monoisotopic (exact) mass is 881 g/mol. The number of rotatable bonds is 0. The molecule has 0 saturated carbocycles. The second-order valence-corrected chi connectivity index (χ2v) is 6.75. The second-order valence-electron chi connectivity index (χ2n) is 2.25. The summed E-state index contributed by atoms with van der Waals surface area (Å²) in [6, 6.07) is 0. The summed E-state index contributed by atoms with van der Waals surface area (Å²) in [7, 11) is -32.7. The van der Waals surface area contributed by atoms with E-state index in [4.69, 9.17) is 126 Å². The molecule has 0 aliphatic carbocycles. The van der Waals surface area contributed by atoms with E-state index in [0.29, 0.717) is 0 Å². The topological polar surface area (TPSA) is 569 Å². The van der Waals surface area contributed by atoms with Gasteiger partial charge < -0.3 is 126 Å². The molecule has 0 aromatic heterocycles. The van der Waals surface area contributed by atoms with Crippen molar-refractivity contribution in [2.75, 3.05) is 0 Å². The fourth-order valence-corrected chi connectivity index (χ4v) is 0. The van der Waals surface area contributed by atoms with Crippen LogP contribution in [0.5, 0.6) is 0 Å². The van der Waals surface area contributed by atoms with Crippen LogP contribution in [0.2, 0.25) is 0 Å². The van der Waals surface area contributed by atoms with E-state index in [9.17, 15) is 0 Å². The Morgan fingerprint density at radius 3 is 0.200 bits per heavy atom. The third-order valence-corrected chi connectivity index (χ3v) is 0. The number of hydrogen-bond acceptors (Lipinski definition) is 27. The Hall–Kier alpha value is -0.851. The predicted molar refractivity (Wildman–Crippen MR) is 58.0 cm³/mol. The molecule has 216 valence electrons. The van der Waals surface area contributed by atoms with Gasteiger partial charge in [0, 0.05) is 82.5 Å². The van der Waals surface area contributed by atoms with Crippen LogP contribution < -0.4 is 86.3 Å². The smallest absolute Gasteiger partial charge is 0.672 e. The number of hydrogen-bond donors (Lipinski definition) is 0. The van der Waals surface area contributed by atoms with E-state index in [0.717, 1.165) is 0 Å². The molecule has 0 aliphatic rings. The van der Waals surface area contributed by atoms with E-state index < -0.39 is 82.5 Å². The van der Waals surface area contributed by atoms with Crippen LogP contribution in [0.3, 0.4) is 0 Å². The van der Waals surface area contributed by atoms with Gasteiger partial charge in [0.2, 0.25) is 0 Å². The Bertz CT molecular complexity index is 430. The van der Waals surface area contributed by atoms with Gasteiger partial charge in [0.25, 0.3) is 0 Å². The van der Waals surface area contributed by atoms with Gasteiger partial charge in [-0.15, -0.1) is 0 Å². The third kappa shape index (κ3) is 67100. The van der Waals surface area contributed by atoms with Crippen molar-refractivity contribution >= 4 is 82.5 Å². The van der Waals surface area contributed by atoms with E-state index >= 15 is 0 Å². The SMILES string of the molecule is O=[Si]([O-])[O-].O=[Si]([O-])[O-].O=[Si]([O-])[O-].O=[Si]([O-])[O-].O=[Si]([O-])[O-].O=[Si]([O-])[O-].O=[Si]([O-])[O-].O=[Si]([O-])[O-].O=[Si]([O-])[O-].[Ti+4].[Ti+4].[V+5].[V+5]. The predicted octanol–water partition coefficient (Wildman–Crippen LogP) is -25.9. The summed E-state index contributed by atoms with van der Waals surface area (Å²) in [5.74, 6) is 0. The molecule has 40 heavy (non-hydrogen) atoms. The van der Waals surface area contributed by atoms with Crippen LogP contribution in [0.4, 0.5) is 0 Å². The molecule has 0 unspecified atom stereocenters. The third-order valence-electron chi connectivity index (χ3n) is 0. The van der Waals surface area contributed by atoms with Gasteiger partial charge in [-0.3, -0.25) is 0 Å². The van der Waals surface area contributed by atoms with Gasteiger partial charge in [0.15, 0.2) is 0 Å². The fraction of sp³-hybridized carbons (Fsp3) is 0. The minimum Gasteiger partial charge on any atom is -0.672 e. The van der Waals surface area contributed by atoms with E-state index in [1.165, 1.54) is 0 Å². The van der Waals surface area contributed by atoms with Crippen molar-refractivity contribution in [3.63, 3.8) is 0 Å². The molecule has 0 atom stereocenters. The van der Waals surface area contributed by atoms with Gasteiger partial charge in [-0.2, -0.15) is 0 Å². The van der Waals surface area contributed by atoms with Crippen molar-refractivity contribution in [3.8, 4) is 0 Å². The standard InChI is InChI=1S/9O3Si.2Ti.2V/c9*1-4(2)3;;;;/q9*-2;2*+4;2*+5. The summed E-state index contributed by atoms with van der Waals surface area (Å²) in [5.41, 5.74) is 0. The first kappa shape index (κ1) is 83.3. The normalized spacial score (nSPS) is 5.40. The van der Waals surface area contributed by atoms with Crippen molar-refractivity contribution in [1.29, 1.82) is 0 Å². The summed E-state index contributed by atoms with van der Waals surface area (Å²) in [6.45, 7) is 0. The Balaban J connectivity index is -0.0000000184. The quantitative estimate of drug-likeness (QED) is 0.204. The minimum atomic E-state index is -3.63. The van der Waals surface area contributed by atoms with Crippen molar-refractivity contribution in [3.05, 3.63) is 0 Å². The van der Waals surface area contributed by atoms with E-state index in [2.05, 4.69) is 0 Å². The molecular weight excluding hydrogens is 882 g/mol. The molecule has 40 heteroatoms. The van der Waals surface area contributed by atoms with Gasteiger partial charge in [-0.25, -0.2) is 0 Å². The van der Waals surface area contributed by atoms with Crippen LogP contribution in [-0.4, -0.2) is 82.5 Å². The van der Waals surface area contributed by atoms with Gasteiger partial charge in [0.1, 0.15) is 0 Å². The maximum absolute atomic E-state index is 8.52. The molecule has 0 saturated heterocycles. The Kier molecular flexibility index (Phi) is 160. The molecular formula is O27Si9Ti2V2. The average Bonchev–Trinajstić information content (AvgIpc) is 2.39. The average molecular weight is 882 g/mol. The summed E-state index contributed by atoms with van der Waals surface area (Å²) in [4.78, 5) is 153. The molecule has 0 amide bonds. The Morgan fingerprint density at radius 2 is 0.200 bits per heavy atom. The first-order valence-electron chi connectivity index (χ1n) is 5.51. The van der Waals surface area contributed by atoms with E-state index in [1.807, 2.05) is 0 Å². The zero-order valence-corrected chi connectivity index (χ0v) is 32.3. The summed E-state index contributed by atoms with van der Waals surface area (Å²) in [5, 5.41) is 0. The minimum absolute atomic E-state index is 0. The van der Waals surface area contributed by atoms with Crippen LogP contribution in [0.1, 0.15) is 0 Å². The maximum atomic E-state index is 8.52. The van der Waals surface area contributed by atoms with E-state index in [1.54, 1.807) is 0 Å².